The molecule has 3 nitrogen and oxygen atoms in total. The summed E-state index contributed by atoms with van der Waals surface area (Å²) in [5.74, 6) is 0.571. The molecule has 2 heterocycles. The lowest BCUT2D eigenvalue weighted by atomic mass is 9.60. The minimum Gasteiger partial charge on any atom is -0.500 e. The van der Waals surface area contributed by atoms with E-state index in [1.165, 1.54) is 16.6 Å². The highest BCUT2D eigenvalue weighted by molar-refractivity contribution is 6.68. The van der Waals surface area contributed by atoms with E-state index >= 15 is 0 Å². The van der Waals surface area contributed by atoms with Gasteiger partial charge in [-0.2, -0.15) is 0 Å². The van der Waals surface area contributed by atoms with Crippen molar-refractivity contribution in [1.82, 2.24) is 0 Å². The zero-order valence-electron chi connectivity index (χ0n) is 17.5. The van der Waals surface area contributed by atoms with Gasteiger partial charge in [-0.15, -0.1) is 11.5 Å². The van der Waals surface area contributed by atoms with E-state index in [2.05, 4.69) is 94.4 Å². The number of hydrogen-bond donors (Lipinski definition) is 0. The van der Waals surface area contributed by atoms with Crippen molar-refractivity contribution in [3.05, 3.63) is 83.3 Å². The van der Waals surface area contributed by atoms with Crippen molar-refractivity contribution in [3.63, 3.8) is 0 Å². The lowest BCUT2D eigenvalue weighted by molar-refractivity contribution is -0.827. The lowest BCUT2D eigenvalue weighted by Gasteiger charge is -2.48. The second-order valence-electron chi connectivity index (χ2n) is 8.94. The molecule has 0 unspecified atom stereocenters. The fraction of sp³-hybridized carbons (Fsp3) is 0.417. The molecule has 2 aromatic rings. The fourth-order valence-electron chi connectivity index (χ4n) is 5.41. The van der Waals surface area contributed by atoms with E-state index in [1.54, 1.807) is 0 Å². The van der Waals surface area contributed by atoms with Gasteiger partial charge in [-0.3, -0.25) is 0 Å². The van der Waals surface area contributed by atoms with Crippen LogP contribution in [0.15, 0.2) is 72.2 Å². The first-order valence-electron chi connectivity index (χ1n) is 10.6. The molecule has 0 amide bonds. The number of quaternary nitrogens is 1. The van der Waals surface area contributed by atoms with Gasteiger partial charge >= 0.3 is 6.69 Å². The van der Waals surface area contributed by atoms with Gasteiger partial charge < -0.3 is 13.7 Å². The number of rotatable bonds is 5. The van der Waals surface area contributed by atoms with E-state index in [9.17, 15) is 0 Å². The molecular formula is C24H32BNO2. The van der Waals surface area contributed by atoms with Crippen molar-refractivity contribution in [2.45, 2.75) is 39.9 Å². The molecule has 2 aliphatic heterocycles. The van der Waals surface area contributed by atoms with Crippen molar-refractivity contribution in [2.75, 3.05) is 19.6 Å². The Hall–Kier alpha value is -1.88. The lowest BCUT2D eigenvalue weighted by Crippen LogP contribution is -2.64. The Morgan fingerprint density at radius 3 is 1.82 bits per heavy atom. The van der Waals surface area contributed by atoms with Crippen molar-refractivity contribution in [2.24, 2.45) is 5.92 Å². The number of fused-ring (bicyclic) bond motifs is 1. The molecule has 4 heteroatoms. The zero-order chi connectivity index (χ0) is 19.8. The summed E-state index contributed by atoms with van der Waals surface area (Å²) in [6.07, 6.45) is 2.34. The van der Waals surface area contributed by atoms with Crippen LogP contribution in [0.4, 0.5) is 0 Å². The molecule has 2 aromatic carbocycles. The summed E-state index contributed by atoms with van der Waals surface area (Å²) >= 11 is 0. The van der Waals surface area contributed by atoms with E-state index < -0.39 is 6.69 Å². The Labute approximate surface area is 169 Å². The average molecular weight is 377 g/mol. The first-order valence-corrected chi connectivity index (χ1v) is 10.6. The zero-order valence-corrected chi connectivity index (χ0v) is 17.5. The van der Waals surface area contributed by atoms with Gasteiger partial charge in [0.05, 0.1) is 25.3 Å². The van der Waals surface area contributed by atoms with E-state index in [0.717, 1.165) is 24.0 Å². The maximum Gasteiger partial charge on any atom is 0.499 e. The highest BCUT2D eigenvalue weighted by atomic mass is 16.7. The summed E-state index contributed by atoms with van der Waals surface area (Å²) in [7, 11) is 0. The molecule has 0 spiro atoms. The van der Waals surface area contributed by atoms with E-state index in [4.69, 9.17) is 9.31 Å². The molecule has 2 aliphatic rings. The monoisotopic (exact) mass is 377 g/mol. The Balaban J connectivity index is 1.77. The minimum atomic E-state index is -1.56. The second-order valence-corrected chi connectivity index (χ2v) is 8.94. The predicted octanol–water partition coefficient (Wildman–Crippen LogP) is 5.45. The topological polar surface area (TPSA) is 18.5 Å². The Bertz CT molecular complexity index is 783. The molecule has 0 N–H and O–H groups in total. The fourth-order valence-corrected chi connectivity index (χ4v) is 5.41. The number of hydrogen-bond acceptors (Lipinski definition) is 2. The number of benzene rings is 2. The summed E-state index contributed by atoms with van der Waals surface area (Å²) in [5.41, 5.74) is 3.74. The van der Waals surface area contributed by atoms with E-state index in [0.29, 0.717) is 5.92 Å². The predicted molar refractivity (Wildman–Crippen MR) is 115 cm³/mol. The summed E-state index contributed by atoms with van der Waals surface area (Å²) < 4.78 is 14.7. The number of nitrogens with zero attached hydrogens (tertiary/aromatic N) is 1. The van der Waals surface area contributed by atoms with Crippen LogP contribution in [0, 0.1) is 5.92 Å². The Kier molecular flexibility index (Phi) is 5.21. The summed E-state index contributed by atoms with van der Waals surface area (Å²) in [5, 5.41) is 0. The van der Waals surface area contributed by atoms with E-state index in [-0.39, 0.29) is 12.2 Å². The van der Waals surface area contributed by atoms with Crippen LogP contribution in [0.5, 0.6) is 0 Å². The number of allylic oxidation sites excluding steroid dienone is 2. The van der Waals surface area contributed by atoms with Crippen LogP contribution < -0.4 is 0 Å². The summed E-state index contributed by atoms with van der Waals surface area (Å²) in [6.45, 7) is 10.4. The Morgan fingerprint density at radius 1 is 0.964 bits per heavy atom. The van der Waals surface area contributed by atoms with Gasteiger partial charge in [-0.05, 0) is 24.0 Å². The Morgan fingerprint density at radius 2 is 1.43 bits per heavy atom. The summed E-state index contributed by atoms with van der Waals surface area (Å²) in [4.78, 5) is 0. The van der Waals surface area contributed by atoms with E-state index in [1.807, 2.05) is 0 Å². The van der Waals surface area contributed by atoms with Gasteiger partial charge in [0.25, 0.3) is 0 Å². The third-order valence-corrected chi connectivity index (χ3v) is 6.58. The molecule has 0 aliphatic carbocycles. The van der Waals surface area contributed by atoms with Crippen LogP contribution in [-0.2, 0) is 9.31 Å². The second kappa shape index (κ2) is 7.51. The van der Waals surface area contributed by atoms with Gasteiger partial charge in [0, 0.05) is 6.54 Å². The molecule has 0 bridgehead atoms. The quantitative estimate of drug-likeness (QED) is 0.646. The van der Waals surface area contributed by atoms with Crippen LogP contribution in [0.1, 0.15) is 51.0 Å². The molecular weight excluding hydrogens is 345 g/mol. The molecule has 0 saturated carbocycles. The van der Waals surface area contributed by atoms with Gasteiger partial charge in [-0.25, -0.2) is 0 Å². The third kappa shape index (κ3) is 3.14. The molecule has 4 rings (SSSR count). The van der Waals surface area contributed by atoms with Gasteiger partial charge in [0.1, 0.15) is 0 Å². The molecule has 0 radical (unpaired) electrons. The third-order valence-electron chi connectivity index (χ3n) is 6.58. The summed E-state index contributed by atoms with van der Waals surface area (Å²) in [6, 6.07) is 21.3. The van der Waals surface area contributed by atoms with Crippen molar-refractivity contribution < 1.29 is 13.7 Å². The van der Waals surface area contributed by atoms with Crippen molar-refractivity contribution in [1.29, 1.82) is 0 Å². The molecule has 2 atom stereocenters. The molecule has 28 heavy (non-hydrogen) atoms. The van der Waals surface area contributed by atoms with Crippen LogP contribution in [0.25, 0.3) is 0 Å². The average Bonchev–Trinajstić information content (AvgIpc) is 3.18. The largest absolute Gasteiger partial charge is 0.500 e. The van der Waals surface area contributed by atoms with Crippen LogP contribution in [-0.4, -0.2) is 30.7 Å². The maximum atomic E-state index is 6.91. The SMILES string of the molecule is C/C=C(\C)[B-]12O[C@H](c3ccccc3)C[N+]1(CC(C)C)C[C@@H](c1ccccc1)O2. The van der Waals surface area contributed by atoms with Crippen LogP contribution >= 0.6 is 0 Å². The maximum absolute atomic E-state index is 6.91. The molecule has 0 aromatic heterocycles. The van der Waals surface area contributed by atoms with Gasteiger partial charge in [-0.1, -0.05) is 81.4 Å². The molecule has 2 saturated heterocycles. The normalized spacial score (nSPS) is 32.7. The standard InChI is InChI=1S/C24H32BNO2/c1-5-20(4)25-26(16-19(2)3,17-23(27-25)21-12-8-6-9-13-21)18-24(28-25)22-14-10-7-11-15-22/h5-15,19,23-24H,16-18H2,1-4H3/b20-5+/t23-,24-,25?,26?/m0/s1. The van der Waals surface area contributed by atoms with Crippen LogP contribution in [0.3, 0.4) is 0 Å². The molecule has 2 fully saturated rings. The smallest absolute Gasteiger partial charge is 0.499 e. The molecule has 148 valence electrons. The van der Waals surface area contributed by atoms with Gasteiger partial charge in [0.2, 0.25) is 0 Å². The van der Waals surface area contributed by atoms with Crippen molar-refractivity contribution >= 4 is 6.69 Å². The highest BCUT2D eigenvalue weighted by Crippen LogP contribution is 2.51. The van der Waals surface area contributed by atoms with Crippen LogP contribution in [0.2, 0.25) is 0 Å². The first kappa shape index (κ1) is 19.4. The minimum absolute atomic E-state index is 0.0755. The van der Waals surface area contributed by atoms with Crippen molar-refractivity contribution in [3.8, 4) is 0 Å². The first-order chi connectivity index (χ1) is 13.5. The highest BCUT2D eigenvalue weighted by Gasteiger charge is 2.64. The van der Waals surface area contributed by atoms with Gasteiger partial charge in [0.15, 0.2) is 0 Å².